The number of thiol groups is 1. The molecule has 0 unspecified atom stereocenters. The molecule has 0 aromatic heterocycles. The van der Waals surface area contributed by atoms with Gasteiger partial charge in [-0.3, -0.25) is 0 Å². The van der Waals surface area contributed by atoms with Crippen molar-refractivity contribution in [1.82, 2.24) is 0 Å². The maximum atomic E-state index is 4.24. The third-order valence-corrected chi connectivity index (χ3v) is 3.74. The molecule has 0 radical (unpaired) electrons. The predicted octanol–water partition coefficient (Wildman–Crippen LogP) is 4.14. The molecule has 1 aromatic carbocycles. The largest absolute Gasteiger partial charge is 0.178 e. The molecule has 0 atom stereocenters. The van der Waals surface area contributed by atoms with Crippen LogP contribution in [0, 0.1) is 6.92 Å². The van der Waals surface area contributed by atoms with Crippen molar-refractivity contribution in [2.75, 3.05) is 11.5 Å². The van der Waals surface area contributed by atoms with Crippen LogP contribution in [0.5, 0.6) is 0 Å². The van der Waals surface area contributed by atoms with Crippen molar-refractivity contribution in [2.24, 2.45) is 0 Å². The fourth-order valence-corrected chi connectivity index (χ4v) is 2.72. The molecule has 0 N–H and O–H groups in total. The number of aryl methyl sites for hydroxylation is 1. The van der Waals surface area contributed by atoms with E-state index in [9.17, 15) is 0 Å². The Balaban J connectivity index is 2.91. The van der Waals surface area contributed by atoms with Crippen LogP contribution in [0.4, 0.5) is 0 Å². The molecule has 2 heteroatoms. The Kier molecular flexibility index (Phi) is 4.90. The van der Waals surface area contributed by atoms with Crippen molar-refractivity contribution in [3.63, 3.8) is 0 Å². The summed E-state index contributed by atoms with van der Waals surface area (Å²) in [7, 11) is 0. The summed E-state index contributed by atoms with van der Waals surface area (Å²) in [4.78, 5) is 1.43. The maximum absolute atomic E-state index is 4.24. The molecule has 1 rings (SSSR count). The summed E-state index contributed by atoms with van der Waals surface area (Å²) in [6.07, 6.45) is 0. The topological polar surface area (TPSA) is 0 Å². The summed E-state index contributed by atoms with van der Waals surface area (Å²) < 4.78 is 0. The van der Waals surface area contributed by atoms with Gasteiger partial charge in [0.15, 0.2) is 0 Å². The van der Waals surface area contributed by atoms with Crippen LogP contribution >= 0.6 is 24.4 Å². The van der Waals surface area contributed by atoms with Gasteiger partial charge in [0.05, 0.1) is 0 Å². The van der Waals surface area contributed by atoms with Gasteiger partial charge >= 0.3 is 0 Å². The van der Waals surface area contributed by atoms with Gasteiger partial charge in [0.2, 0.25) is 0 Å². The lowest BCUT2D eigenvalue weighted by molar-refractivity contribution is 0.841. The summed E-state index contributed by atoms with van der Waals surface area (Å²) in [6, 6.07) is 6.73. The minimum Gasteiger partial charge on any atom is -0.178 e. The molecule has 0 bridgehead atoms. The molecular weight excluding hydrogens is 208 g/mol. The lowest BCUT2D eigenvalue weighted by Gasteiger charge is -2.12. The highest BCUT2D eigenvalue weighted by Gasteiger charge is 2.06. The highest BCUT2D eigenvalue weighted by molar-refractivity contribution is 8.00. The fourth-order valence-electron chi connectivity index (χ4n) is 1.40. The Morgan fingerprint density at radius 1 is 1.36 bits per heavy atom. The molecule has 1 aromatic rings. The van der Waals surface area contributed by atoms with Crippen LogP contribution in [0.3, 0.4) is 0 Å². The number of benzene rings is 1. The number of thioether (sulfide) groups is 1. The van der Waals surface area contributed by atoms with Gasteiger partial charge in [-0.05, 0) is 30.2 Å². The van der Waals surface area contributed by atoms with Gasteiger partial charge in [-0.2, -0.15) is 12.6 Å². The normalized spacial score (nSPS) is 10.9. The Labute approximate surface area is 96.9 Å². The molecule has 0 saturated carbocycles. The van der Waals surface area contributed by atoms with Crippen molar-refractivity contribution in [1.29, 1.82) is 0 Å². The van der Waals surface area contributed by atoms with Gasteiger partial charge in [-0.25, -0.2) is 0 Å². The van der Waals surface area contributed by atoms with Crippen LogP contribution in [0.1, 0.15) is 30.9 Å². The summed E-state index contributed by atoms with van der Waals surface area (Å²) in [6.45, 7) is 6.64. The zero-order chi connectivity index (χ0) is 10.6. The van der Waals surface area contributed by atoms with Gasteiger partial charge in [0.25, 0.3) is 0 Å². The molecule has 0 fully saturated rings. The minimum absolute atomic E-state index is 0.609. The van der Waals surface area contributed by atoms with E-state index in [1.54, 1.807) is 0 Å². The third-order valence-electron chi connectivity index (χ3n) is 2.14. The van der Waals surface area contributed by atoms with Crippen molar-refractivity contribution in [2.45, 2.75) is 31.6 Å². The van der Waals surface area contributed by atoms with E-state index in [0.29, 0.717) is 5.92 Å². The van der Waals surface area contributed by atoms with Gasteiger partial charge in [-0.1, -0.05) is 31.5 Å². The average Bonchev–Trinajstić information content (AvgIpc) is 2.14. The summed E-state index contributed by atoms with van der Waals surface area (Å²) in [5, 5.41) is 0. The summed E-state index contributed by atoms with van der Waals surface area (Å²) in [5.74, 6) is 2.64. The van der Waals surface area contributed by atoms with Crippen LogP contribution in [0.25, 0.3) is 0 Å². The second-order valence-electron chi connectivity index (χ2n) is 3.77. The third kappa shape index (κ3) is 3.25. The molecule has 0 heterocycles. The number of rotatable bonds is 4. The van der Waals surface area contributed by atoms with E-state index in [1.165, 1.54) is 16.0 Å². The smallest absolute Gasteiger partial charge is 0.0109 e. The molecular formula is C12H18S2. The Hall–Kier alpha value is -0.0800. The van der Waals surface area contributed by atoms with Gasteiger partial charge < -0.3 is 0 Å². The van der Waals surface area contributed by atoms with E-state index >= 15 is 0 Å². The average molecular weight is 226 g/mol. The molecule has 0 aliphatic carbocycles. The van der Waals surface area contributed by atoms with Crippen molar-refractivity contribution < 1.29 is 0 Å². The highest BCUT2D eigenvalue weighted by atomic mass is 32.2. The zero-order valence-electron chi connectivity index (χ0n) is 9.08. The van der Waals surface area contributed by atoms with E-state index < -0.39 is 0 Å². The van der Waals surface area contributed by atoms with Crippen LogP contribution in [0.15, 0.2) is 23.1 Å². The van der Waals surface area contributed by atoms with E-state index in [-0.39, 0.29) is 0 Å². The molecule has 0 aliphatic rings. The number of hydrogen-bond donors (Lipinski definition) is 1. The standard InChI is InChI=1S/C12H18S2/c1-9(2)11-5-4-10(3)8-12(11)14-7-6-13/h4-5,8-9,13H,6-7H2,1-3H3. The molecule has 0 nitrogen and oxygen atoms in total. The molecule has 0 saturated heterocycles. The quantitative estimate of drug-likeness (QED) is 0.595. The second-order valence-corrected chi connectivity index (χ2v) is 5.35. The van der Waals surface area contributed by atoms with E-state index in [2.05, 4.69) is 51.6 Å². The highest BCUT2D eigenvalue weighted by Crippen LogP contribution is 2.29. The van der Waals surface area contributed by atoms with Crippen molar-refractivity contribution in [3.8, 4) is 0 Å². The second kappa shape index (κ2) is 5.72. The Morgan fingerprint density at radius 3 is 2.64 bits per heavy atom. The SMILES string of the molecule is Cc1ccc(C(C)C)c(SCCS)c1. The van der Waals surface area contributed by atoms with Gasteiger partial charge in [0, 0.05) is 10.6 Å². The summed E-state index contributed by atoms with van der Waals surface area (Å²) >= 11 is 6.16. The number of hydrogen-bond acceptors (Lipinski definition) is 2. The first-order valence-corrected chi connectivity index (χ1v) is 6.61. The van der Waals surface area contributed by atoms with Crippen molar-refractivity contribution >= 4 is 24.4 Å². The predicted molar refractivity (Wildman–Crippen MR) is 69.8 cm³/mol. The molecule has 0 aliphatic heterocycles. The molecule has 0 spiro atoms. The Bertz CT molecular complexity index is 292. The minimum atomic E-state index is 0.609. The lowest BCUT2D eigenvalue weighted by Crippen LogP contribution is -1.93. The maximum Gasteiger partial charge on any atom is 0.0109 e. The first-order chi connectivity index (χ1) is 6.65. The van der Waals surface area contributed by atoms with Crippen LogP contribution in [0.2, 0.25) is 0 Å². The van der Waals surface area contributed by atoms with Crippen LogP contribution < -0.4 is 0 Å². The van der Waals surface area contributed by atoms with Crippen LogP contribution in [-0.4, -0.2) is 11.5 Å². The van der Waals surface area contributed by atoms with Gasteiger partial charge in [0.1, 0.15) is 0 Å². The Morgan fingerprint density at radius 2 is 2.07 bits per heavy atom. The van der Waals surface area contributed by atoms with Crippen LogP contribution in [-0.2, 0) is 0 Å². The van der Waals surface area contributed by atoms with E-state index in [4.69, 9.17) is 0 Å². The van der Waals surface area contributed by atoms with Gasteiger partial charge in [-0.15, -0.1) is 11.8 Å². The first-order valence-electron chi connectivity index (χ1n) is 4.99. The lowest BCUT2D eigenvalue weighted by atomic mass is 10.0. The van der Waals surface area contributed by atoms with E-state index in [1.807, 2.05) is 11.8 Å². The fraction of sp³-hybridized carbons (Fsp3) is 0.500. The molecule has 78 valence electrons. The van der Waals surface area contributed by atoms with Crippen molar-refractivity contribution in [3.05, 3.63) is 29.3 Å². The first kappa shape index (κ1) is 12.0. The van der Waals surface area contributed by atoms with E-state index in [0.717, 1.165) is 11.5 Å². The molecule has 0 amide bonds. The monoisotopic (exact) mass is 226 g/mol. The molecule has 14 heavy (non-hydrogen) atoms. The zero-order valence-corrected chi connectivity index (χ0v) is 10.8. The summed E-state index contributed by atoms with van der Waals surface area (Å²) in [5.41, 5.74) is 2.80.